The molecular formula is C11H22N4. The number of hydrogen-bond donors (Lipinski definition) is 1. The van der Waals surface area contributed by atoms with Crippen LogP contribution in [0.2, 0.25) is 0 Å². The number of likely N-dealkylation sites (N-methyl/N-ethyl adjacent to an activating group) is 1. The van der Waals surface area contributed by atoms with E-state index in [9.17, 15) is 0 Å². The van der Waals surface area contributed by atoms with Crippen LogP contribution >= 0.6 is 0 Å². The minimum Gasteiger partial charge on any atom is -0.338 e. The van der Waals surface area contributed by atoms with E-state index in [2.05, 4.69) is 33.9 Å². The Morgan fingerprint density at radius 2 is 2.27 bits per heavy atom. The number of rotatable bonds is 6. The molecule has 0 radical (unpaired) electrons. The third-order valence-electron chi connectivity index (χ3n) is 2.68. The van der Waals surface area contributed by atoms with Gasteiger partial charge in [-0.1, -0.05) is 0 Å². The Balaban J connectivity index is 2.43. The van der Waals surface area contributed by atoms with E-state index in [1.165, 1.54) is 0 Å². The second-order valence-electron chi connectivity index (χ2n) is 4.24. The fraction of sp³-hybridized carbons (Fsp3) is 0.727. The number of imidazole rings is 1. The fourth-order valence-electron chi connectivity index (χ4n) is 1.58. The number of aromatic nitrogens is 2. The Bertz CT molecular complexity index is 280. The van der Waals surface area contributed by atoms with Crippen LogP contribution < -0.4 is 5.32 Å². The van der Waals surface area contributed by atoms with E-state index in [4.69, 9.17) is 0 Å². The number of aryl methyl sites for hydroxylation is 1. The van der Waals surface area contributed by atoms with Crippen molar-refractivity contribution >= 4 is 0 Å². The van der Waals surface area contributed by atoms with Crippen LogP contribution in [0, 0.1) is 0 Å². The highest BCUT2D eigenvalue weighted by atomic mass is 15.1. The third kappa shape index (κ3) is 4.01. The summed E-state index contributed by atoms with van der Waals surface area (Å²) < 4.78 is 2.08. The van der Waals surface area contributed by atoms with Crippen molar-refractivity contribution in [2.75, 3.05) is 27.7 Å². The summed E-state index contributed by atoms with van der Waals surface area (Å²) >= 11 is 0. The van der Waals surface area contributed by atoms with Gasteiger partial charge in [-0.3, -0.25) is 0 Å². The van der Waals surface area contributed by atoms with Gasteiger partial charge < -0.3 is 14.8 Å². The summed E-state index contributed by atoms with van der Waals surface area (Å²) in [6.45, 7) is 1.11. The lowest BCUT2D eigenvalue weighted by Crippen LogP contribution is -2.32. The standard InChI is InChI=1S/C11H22N4/c1-12-10(5-7-14(2)3)9-11-13-6-8-15(11)4/h6,8,10,12H,5,7,9H2,1-4H3. The zero-order chi connectivity index (χ0) is 11.3. The minimum atomic E-state index is 0.508. The van der Waals surface area contributed by atoms with Gasteiger partial charge in [0.2, 0.25) is 0 Å². The first-order valence-corrected chi connectivity index (χ1v) is 5.41. The Morgan fingerprint density at radius 1 is 1.53 bits per heavy atom. The predicted molar refractivity (Wildman–Crippen MR) is 62.9 cm³/mol. The highest BCUT2D eigenvalue weighted by molar-refractivity contribution is 4.94. The summed E-state index contributed by atoms with van der Waals surface area (Å²) in [7, 11) is 8.27. The van der Waals surface area contributed by atoms with Gasteiger partial charge in [0.15, 0.2) is 0 Å². The van der Waals surface area contributed by atoms with Crippen molar-refractivity contribution in [2.45, 2.75) is 18.9 Å². The molecule has 0 aromatic carbocycles. The van der Waals surface area contributed by atoms with Crippen LogP contribution in [-0.4, -0.2) is 48.2 Å². The smallest absolute Gasteiger partial charge is 0.109 e. The molecule has 86 valence electrons. The second-order valence-corrected chi connectivity index (χ2v) is 4.24. The normalized spacial score (nSPS) is 13.4. The zero-order valence-corrected chi connectivity index (χ0v) is 10.2. The second kappa shape index (κ2) is 5.88. The lowest BCUT2D eigenvalue weighted by atomic mass is 10.1. The van der Waals surface area contributed by atoms with Crippen LogP contribution in [0.1, 0.15) is 12.2 Å². The molecule has 0 spiro atoms. The zero-order valence-electron chi connectivity index (χ0n) is 10.2. The monoisotopic (exact) mass is 210 g/mol. The minimum absolute atomic E-state index is 0.508. The summed E-state index contributed by atoms with van der Waals surface area (Å²) in [4.78, 5) is 6.55. The summed E-state index contributed by atoms with van der Waals surface area (Å²) in [6, 6.07) is 0.508. The fourth-order valence-corrected chi connectivity index (χ4v) is 1.58. The van der Waals surface area contributed by atoms with E-state index >= 15 is 0 Å². The van der Waals surface area contributed by atoms with E-state index in [-0.39, 0.29) is 0 Å². The lowest BCUT2D eigenvalue weighted by Gasteiger charge is -2.18. The third-order valence-corrected chi connectivity index (χ3v) is 2.68. The molecule has 0 aliphatic heterocycles. The van der Waals surface area contributed by atoms with E-state index < -0.39 is 0 Å². The van der Waals surface area contributed by atoms with Crippen LogP contribution in [0.5, 0.6) is 0 Å². The van der Waals surface area contributed by atoms with Crippen LogP contribution in [0.3, 0.4) is 0 Å². The molecule has 0 bridgehead atoms. The van der Waals surface area contributed by atoms with Gasteiger partial charge in [0.25, 0.3) is 0 Å². The first-order chi connectivity index (χ1) is 7.13. The average Bonchev–Trinajstić information content (AvgIpc) is 2.58. The van der Waals surface area contributed by atoms with Gasteiger partial charge in [0.1, 0.15) is 5.82 Å². The molecule has 4 heteroatoms. The number of nitrogens with one attached hydrogen (secondary N) is 1. The van der Waals surface area contributed by atoms with Crippen LogP contribution in [-0.2, 0) is 13.5 Å². The van der Waals surface area contributed by atoms with Crippen molar-refractivity contribution in [1.29, 1.82) is 0 Å². The maximum atomic E-state index is 4.34. The van der Waals surface area contributed by atoms with E-state index in [0.29, 0.717) is 6.04 Å². The summed E-state index contributed by atoms with van der Waals surface area (Å²) in [6.07, 6.45) is 5.99. The van der Waals surface area contributed by atoms with Crippen molar-refractivity contribution in [3.05, 3.63) is 18.2 Å². The van der Waals surface area contributed by atoms with Gasteiger partial charge >= 0.3 is 0 Å². The van der Waals surface area contributed by atoms with Gasteiger partial charge in [-0.05, 0) is 34.1 Å². The Labute approximate surface area is 92.3 Å². The Hall–Kier alpha value is -0.870. The molecule has 1 rings (SSSR count). The average molecular weight is 210 g/mol. The van der Waals surface area contributed by atoms with Gasteiger partial charge in [0.05, 0.1) is 0 Å². The molecule has 1 atom stereocenters. The molecule has 0 aliphatic carbocycles. The van der Waals surface area contributed by atoms with Crippen molar-refractivity contribution in [3.8, 4) is 0 Å². The van der Waals surface area contributed by atoms with Gasteiger partial charge in [0, 0.05) is 31.9 Å². The quantitative estimate of drug-likeness (QED) is 0.742. The maximum absolute atomic E-state index is 4.34. The molecule has 1 unspecified atom stereocenters. The Kier molecular flexibility index (Phi) is 4.78. The number of hydrogen-bond acceptors (Lipinski definition) is 3. The van der Waals surface area contributed by atoms with Gasteiger partial charge in [-0.2, -0.15) is 0 Å². The van der Waals surface area contributed by atoms with Crippen LogP contribution in [0.25, 0.3) is 0 Å². The molecule has 0 fully saturated rings. The van der Waals surface area contributed by atoms with Crippen molar-refractivity contribution < 1.29 is 0 Å². The molecule has 1 heterocycles. The summed E-state index contributed by atoms with van der Waals surface area (Å²) in [5.74, 6) is 1.15. The topological polar surface area (TPSA) is 33.1 Å². The molecule has 15 heavy (non-hydrogen) atoms. The maximum Gasteiger partial charge on any atom is 0.109 e. The van der Waals surface area contributed by atoms with Crippen molar-refractivity contribution in [1.82, 2.24) is 19.8 Å². The summed E-state index contributed by atoms with van der Waals surface area (Å²) in [5.41, 5.74) is 0. The van der Waals surface area contributed by atoms with Crippen LogP contribution in [0.15, 0.2) is 12.4 Å². The van der Waals surface area contributed by atoms with E-state index in [0.717, 1.165) is 25.2 Å². The predicted octanol–water partition coefficient (Wildman–Crippen LogP) is 0.502. The highest BCUT2D eigenvalue weighted by Gasteiger charge is 2.10. The van der Waals surface area contributed by atoms with Gasteiger partial charge in [-0.25, -0.2) is 4.98 Å². The van der Waals surface area contributed by atoms with Gasteiger partial charge in [-0.15, -0.1) is 0 Å². The number of nitrogens with zero attached hydrogens (tertiary/aromatic N) is 3. The molecule has 1 aromatic rings. The first-order valence-electron chi connectivity index (χ1n) is 5.41. The molecule has 0 saturated heterocycles. The molecule has 0 saturated carbocycles. The van der Waals surface area contributed by atoms with Crippen LogP contribution in [0.4, 0.5) is 0 Å². The molecule has 4 nitrogen and oxygen atoms in total. The van der Waals surface area contributed by atoms with Crippen molar-refractivity contribution in [3.63, 3.8) is 0 Å². The largest absolute Gasteiger partial charge is 0.338 e. The molecule has 0 aliphatic rings. The molecule has 1 aromatic heterocycles. The van der Waals surface area contributed by atoms with E-state index in [1.807, 2.05) is 26.5 Å². The SMILES string of the molecule is CNC(CCN(C)C)Cc1nccn1C. The first kappa shape index (κ1) is 12.2. The Morgan fingerprint density at radius 3 is 2.73 bits per heavy atom. The summed E-state index contributed by atoms with van der Waals surface area (Å²) in [5, 5.41) is 3.34. The molecular weight excluding hydrogens is 188 g/mol. The lowest BCUT2D eigenvalue weighted by molar-refractivity contribution is 0.361. The van der Waals surface area contributed by atoms with E-state index in [1.54, 1.807) is 0 Å². The molecule has 0 amide bonds. The van der Waals surface area contributed by atoms with Crippen molar-refractivity contribution in [2.24, 2.45) is 7.05 Å². The highest BCUT2D eigenvalue weighted by Crippen LogP contribution is 2.03. The molecule has 1 N–H and O–H groups in total.